The van der Waals surface area contributed by atoms with Crippen LogP contribution in [-0.4, -0.2) is 29.4 Å². The second-order valence-corrected chi connectivity index (χ2v) is 8.30. The monoisotopic (exact) mass is 369 g/mol. The molecule has 26 heavy (non-hydrogen) atoms. The van der Waals surface area contributed by atoms with E-state index >= 15 is 0 Å². The predicted molar refractivity (Wildman–Crippen MR) is 96.8 cm³/mol. The summed E-state index contributed by atoms with van der Waals surface area (Å²) in [6.07, 6.45) is 1.43. The summed E-state index contributed by atoms with van der Waals surface area (Å²) in [6.45, 7) is 2.46. The molecule has 0 bridgehead atoms. The van der Waals surface area contributed by atoms with Gasteiger partial charge in [-0.25, -0.2) is 8.42 Å². The molecule has 4 rings (SSSR count). The fourth-order valence-electron chi connectivity index (χ4n) is 3.19. The van der Waals surface area contributed by atoms with E-state index in [0.29, 0.717) is 24.7 Å². The molecule has 0 unspecified atom stereocenters. The lowest BCUT2D eigenvalue weighted by Gasteiger charge is -2.21. The van der Waals surface area contributed by atoms with E-state index in [4.69, 9.17) is 4.52 Å². The van der Waals surface area contributed by atoms with Crippen LogP contribution in [0.4, 0.5) is 0 Å². The average molecular weight is 369 g/mol. The Morgan fingerprint density at radius 2 is 1.81 bits per heavy atom. The van der Waals surface area contributed by atoms with Crippen molar-refractivity contribution in [2.24, 2.45) is 0 Å². The van der Waals surface area contributed by atoms with Gasteiger partial charge in [0.1, 0.15) is 6.04 Å². The summed E-state index contributed by atoms with van der Waals surface area (Å²) in [5.74, 6) is 0.821. The number of rotatable bonds is 4. The Morgan fingerprint density at radius 3 is 2.54 bits per heavy atom. The first-order valence-electron chi connectivity index (χ1n) is 8.53. The van der Waals surface area contributed by atoms with Crippen molar-refractivity contribution >= 4 is 10.0 Å². The lowest BCUT2D eigenvalue weighted by Crippen LogP contribution is -2.30. The van der Waals surface area contributed by atoms with E-state index in [2.05, 4.69) is 10.1 Å². The zero-order chi connectivity index (χ0) is 18.1. The number of nitrogens with zero attached hydrogens (tertiary/aromatic N) is 3. The quantitative estimate of drug-likeness (QED) is 0.703. The molecule has 0 aliphatic carbocycles. The highest BCUT2D eigenvalue weighted by molar-refractivity contribution is 7.89. The van der Waals surface area contributed by atoms with Crippen molar-refractivity contribution in [2.75, 3.05) is 6.54 Å². The zero-order valence-electron chi connectivity index (χ0n) is 14.4. The van der Waals surface area contributed by atoms with E-state index in [1.54, 1.807) is 30.3 Å². The van der Waals surface area contributed by atoms with Crippen molar-refractivity contribution in [3.8, 4) is 11.4 Å². The maximum Gasteiger partial charge on any atom is 0.245 e. The third-order valence-electron chi connectivity index (χ3n) is 4.59. The number of hydrogen-bond donors (Lipinski definition) is 0. The Bertz CT molecular complexity index is 998. The molecule has 3 aromatic rings. The molecule has 134 valence electrons. The average Bonchev–Trinajstić information content (AvgIpc) is 3.32. The highest BCUT2D eigenvalue weighted by atomic mass is 32.2. The summed E-state index contributed by atoms with van der Waals surface area (Å²) in [5, 5.41) is 4.04. The van der Waals surface area contributed by atoms with Gasteiger partial charge in [-0.1, -0.05) is 53.2 Å². The fourth-order valence-corrected chi connectivity index (χ4v) is 4.86. The number of sulfonamides is 1. The third kappa shape index (κ3) is 3.04. The Morgan fingerprint density at radius 1 is 1.08 bits per heavy atom. The van der Waals surface area contributed by atoms with Crippen LogP contribution in [-0.2, 0) is 10.0 Å². The summed E-state index contributed by atoms with van der Waals surface area (Å²) in [4.78, 5) is 4.75. The van der Waals surface area contributed by atoms with Gasteiger partial charge in [0.2, 0.25) is 21.7 Å². The van der Waals surface area contributed by atoms with E-state index in [-0.39, 0.29) is 4.90 Å². The second-order valence-electron chi connectivity index (χ2n) is 6.41. The minimum absolute atomic E-state index is 0.283. The van der Waals surface area contributed by atoms with Gasteiger partial charge in [0.25, 0.3) is 0 Å². The van der Waals surface area contributed by atoms with Gasteiger partial charge < -0.3 is 4.52 Å². The molecular formula is C19H19N3O3S. The largest absolute Gasteiger partial charge is 0.337 e. The topological polar surface area (TPSA) is 76.3 Å². The van der Waals surface area contributed by atoms with Crippen LogP contribution >= 0.6 is 0 Å². The van der Waals surface area contributed by atoms with Gasteiger partial charge in [-0.15, -0.1) is 0 Å². The molecular weight excluding hydrogens is 350 g/mol. The summed E-state index contributed by atoms with van der Waals surface area (Å²) >= 11 is 0. The molecule has 0 radical (unpaired) electrons. The van der Waals surface area contributed by atoms with Gasteiger partial charge >= 0.3 is 0 Å². The molecule has 1 saturated heterocycles. The summed E-state index contributed by atoms with van der Waals surface area (Å²) in [7, 11) is -3.59. The highest BCUT2D eigenvalue weighted by Crippen LogP contribution is 2.36. The summed E-state index contributed by atoms with van der Waals surface area (Å²) in [6, 6.07) is 15.8. The van der Waals surface area contributed by atoms with Gasteiger partial charge in [-0.2, -0.15) is 9.29 Å². The van der Waals surface area contributed by atoms with Crippen LogP contribution in [0, 0.1) is 6.92 Å². The van der Waals surface area contributed by atoms with Crippen molar-refractivity contribution in [1.82, 2.24) is 14.4 Å². The van der Waals surface area contributed by atoms with Crippen LogP contribution in [0.5, 0.6) is 0 Å². The van der Waals surface area contributed by atoms with E-state index < -0.39 is 16.1 Å². The molecule has 0 spiro atoms. The van der Waals surface area contributed by atoms with Crippen LogP contribution in [0.3, 0.4) is 0 Å². The Hall–Kier alpha value is -2.51. The fraction of sp³-hybridized carbons (Fsp3) is 0.263. The zero-order valence-corrected chi connectivity index (χ0v) is 15.2. The maximum atomic E-state index is 13.0. The van der Waals surface area contributed by atoms with Gasteiger partial charge in [0.15, 0.2) is 0 Å². The minimum Gasteiger partial charge on any atom is -0.337 e. The van der Waals surface area contributed by atoms with Crippen molar-refractivity contribution in [3.05, 3.63) is 66.1 Å². The maximum absolute atomic E-state index is 13.0. The summed E-state index contributed by atoms with van der Waals surface area (Å²) < 4.78 is 32.8. The molecule has 2 heterocycles. The molecule has 1 aliphatic rings. The van der Waals surface area contributed by atoms with Gasteiger partial charge in [-0.3, -0.25) is 0 Å². The molecule has 0 saturated carbocycles. The van der Waals surface area contributed by atoms with Gasteiger partial charge in [0.05, 0.1) is 4.90 Å². The molecule has 1 fully saturated rings. The van der Waals surface area contributed by atoms with Crippen LogP contribution in [0.1, 0.15) is 30.3 Å². The first-order valence-corrected chi connectivity index (χ1v) is 9.97. The van der Waals surface area contributed by atoms with Gasteiger partial charge in [-0.05, 0) is 31.9 Å². The van der Waals surface area contributed by atoms with Crippen molar-refractivity contribution in [3.63, 3.8) is 0 Å². The normalized spacial score (nSPS) is 18.3. The lowest BCUT2D eigenvalue weighted by atomic mass is 10.1. The first kappa shape index (κ1) is 16.9. The van der Waals surface area contributed by atoms with E-state index in [0.717, 1.165) is 17.5 Å². The van der Waals surface area contributed by atoms with Crippen LogP contribution in [0.15, 0.2) is 64.0 Å². The van der Waals surface area contributed by atoms with E-state index in [1.165, 1.54) is 4.31 Å². The molecule has 1 aromatic heterocycles. The first-order chi connectivity index (χ1) is 12.6. The Kier molecular flexibility index (Phi) is 4.34. The molecule has 1 aliphatic heterocycles. The number of hydrogen-bond acceptors (Lipinski definition) is 5. The summed E-state index contributed by atoms with van der Waals surface area (Å²) in [5.41, 5.74) is 1.99. The van der Waals surface area contributed by atoms with E-state index in [9.17, 15) is 8.42 Å². The van der Waals surface area contributed by atoms with Crippen LogP contribution in [0.25, 0.3) is 11.4 Å². The van der Waals surface area contributed by atoms with Crippen molar-refractivity contribution in [1.29, 1.82) is 0 Å². The second kappa shape index (κ2) is 6.66. The van der Waals surface area contributed by atoms with Gasteiger partial charge in [0, 0.05) is 12.1 Å². The van der Waals surface area contributed by atoms with Crippen LogP contribution < -0.4 is 0 Å². The Labute approximate surface area is 152 Å². The molecule has 0 amide bonds. The molecule has 6 nitrogen and oxygen atoms in total. The number of aromatic nitrogens is 2. The highest BCUT2D eigenvalue weighted by Gasteiger charge is 2.39. The van der Waals surface area contributed by atoms with Crippen molar-refractivity contribution < 1.29 is 12.9 Å². The lowest BCUT2D eigenvalue weighted by molar-refractivity contribution is 0.290. The molecule has 1 atom stereocenters. The Balaban J connectivity index is 1.64. The number of aryl methyl sites for hydroxylation is 1. The molecule has 7 heteroatoms. The molecule has 0 N–H and O–H groups in total. The minimum atomic E-state index is -3.59. The smallest absolute Gasteiger partial charge is 0.245 e. The number of benzene rings is 2. The SMILES string of the molecule is Cc1ccc(-c2noc([C@H]3CCCN3S(=O)(=O)c3ccccc3)n2)cc1. The van der Waals surface area contributed by atoms with Crippen molar-refractivity contribution in [2.45, 2.75) is 30.7 Å². The van der Waals surface area contributed by atoms with Crippen LogP contribution in [0.2, 0.25) is 0 Å². The van der Waals surface area contributed by atoms with E-state index in [1.807, 2.05) is 31.2 Å². The predicted octanol–water partition coefficient (Wildman–Crippen LogP) is 3.57. The molecule has 2 aromatic carbocycles. The standard InChI is InChI=1S/C19H19N3O3S/c1-14-9-11-15(12-10-14)18-20-19(25-21-18)17-8-5-13-22(17)26(23,24)16-6-3-2-4-7-16/h2-4,6-7,9-12,17H,5,8,13H2,1H3/t17-/m1/s1. The third-order valence-corrected chi connectivity index (χ3v) is 6.51.